The number of hydrogen-bond donors (Lipinski definition) is 5. The van der Waals surface area contributed by atoms with E-state index in [4.69, 9.17) is 15.3 Å². The lowest BCUT2D eigenvalue weighted by Gasteiger charge is -2.30. The lowest BCUT2D eigenvalue weighted by Crippen LogP contribution is -2.55. The second-order valence-electron chi connectivity index (χ2n) is 4.50. The lowest BCUT2D eigenvalue weighted by atomic mass is 10.0. The molecule has 1 rings (SSSR count). The second kappa shape index (κ2) is 7.27. The minimum Gasteiger partial charge on any atom is -0.394 e. The van der Waals surface area contributed by atoms with Gasteiger partial charge in [-0.25, -0.2) is 0 Å². The van der Waals surface area contributed by atoms with Crippen molar-refractivity contribution >= 4 is 5.69 Å². The van der Waals surface area contributed by atoms with Crippen LogP contribution in [0.15, 0.2) is 24.3 Å². The van der Waals surface area contributed by atoms with Gasteiger partial charge in [-0.05, 0) is 17.7 Å². The molecule has 1 aromatic carbocycles. The average molecular weight is 286 g/mol. The van der Waals surface area contributed by atoms with Crippen LogP contribution in [-0.2, 0) is 0 Å². The van der Waals surface area contributed by atoms with Crippen LogP contribution in [0.4, 0.5) is 5.69 Å². The first-order chi connectivity index (χ1) is 9.48. The molecule has 0 bridgehead atoms. The molecule has 1 aromatic rings. The first-order valence-corrected chi connectivity index (χ1v) is 5.98. The molecule has 8 heteroatoms. The predicted octanol–water partition coefficient (Wildman–Crippen LogP) is -1.07. The van der Waals surface area contributed by atoms with Crippen molar-refractivity contribution in [3.8, 4) is 0 Å². The monoisotopic (exact) mass is 286 g/mol. The van der Waals surface area contributed by atoms with Gasteiger partial charge in [-0.2, -0.15) is 0 Å². The summed E-state index contributed by atoms with van der Waals surface area (Å²) in [6.45, 7) is -1.51. The number of nitro groups is 1. The second-order valence-corrected chi connectivity index (χ2v) is 4.50. The maximum atomic E-state index is 10.5. The minimum atomic E-state index is -1.28. The van der Waals surface area contributed by atoms with E-state index in [2.05, 4.69) is 5.32 Å². The highest BCUT2D eigenvalue weighted by Gasteiger charge is 2.28. The van der Waals surface area contributed by atoms with Crippen molar-refractivity contribution in [3.63, 3.8) is 0 Å². The molecule has 0 aromatic heterocycles. The van der Waals surface area contributed by atoms with Crippen LogP contribution >= 0.6 is 0 Å². The van der Waals surface area contributed by atoms with Gasteiger partial charge >= 0.3 is 0 Å². The molecule has 0 saturated carbocycles. The summed E-state index contributed by atoms with van der Waals surface area (Å²) in [7, 11) is 0. The van der Waals surface area contributed by atoms with Gasteiger partial charge in [0, 0.05) is 18.7 Å². The Morgan fingerprint density at radius 3 is 2.05 bits per heavy atom. The summed E-state index contributed by atoms with van der Waals surface area (Å²) in [4.78, 5) is 9.96. The highest BCUT2D eigenvalue weighted by atomic mass is 16.6. The number of benzene rings is 1. The largest absolute Gasteiger partial charge is 0.394 e. The molecular weight excluding hydrogens is 268 g/mol. The Balaban J connectivity index is 2.66. The van der Waals surface area contributed by atoms with Crippen molar-refractivity contribution in [1.82, 2.24) is 5.32 Å². The predicted molar refractivity (Wildman–Crippen MR) is 70.0 cm³/mol. The Hall–Kier alpha value is -1.58. The van der Waals surface area contributed by atoms with Crippen molar-refractivity contribution in [2.75, 3.05) is 26.4 Å². The zero-order valence-corrected chi connectivity index (χ0v) is 10.8. The van der Waals surface area contributed by atoms with Gasteiger partial charge in [0.1, 0.15) is 0 Å². The fraction of sp³-hybridized carbons (Fsp3) is 0.500. The highest BCUT2D eigenvalue weighted by Crippen LogP contribution is 2.18. The Bertz CT molecular complexity index is 424. The molecule has 20 heavy (non-hydrogen) atoms. The molecule has 0 radical (unpaired) electrons. The summed E-state index contributed by atoms with van der Waals surface area (Å²) < 4.78 is 0. The highest BCUT2D eigenvalue weighted by molar-refractivity contribution is 5.33. The first-order valence-electron chi connectivity index (χ1n) is 5.98. The lowest BCUT2D eigenvalue weighted by molar-refractivity contribution is -0.384. The molecule has 0 saturated heterocycles. The van der Waals surface area contributed by atoms with Crippen LogP contribution in [0.1, 0.15) is 11.7 Å². The van der Waals surface area contributed by atoms with E-state index in [1.165, 1.54) is 24.3 Å². The van der Waals surface area contributed by atoms with Crippen LogP contribution in [0, 0.1) is 10.1 Å². The maximum Gasteiger partial charge on any atom is 0.269 e. The smallest absolute Gasteiger partial charge is 0.269 e. The Morgan fingerprint density at radius 2 is 1.65 bits per heavy atom. The van der Waals surface area contributed by atoms with Crippen molar-refractivity contribution in [3.05, 3.63) is 39.9 Å². The molecule has 0 amide bonds. The summed E-state index contributed by atoms with van der Waals surface area (Å²) in [6.07, 6.45) is -0.986. The van der Waals surface area contributed by atoms with Gasteiger partial charge in [0.05, 0.1) is 36.4 Å². The fourth-order valence-electron chi connectivity index (χ4n) is 1.57. The first kappa shape index (κ1) is 16.5. The number of β-amino-alcohol motifs (C(OH)–C–C–N with tert-alkyl or cyclic N) is 1. The van der Waals surface area contributed by atoms with Crippen molar-refractivity contribution in [2.45, 2.75) is 11.6 Å². The number of nitrogens with one attached hydrogen (secondary N) is 1. The van der Waals surface area contributed by atoms with Gasteiger partial charge in [-0.3, -0.25) is 10.1 Å². The van der Waals surface area contributed by atoms with Crippen LogP contribution in [0.2, 0.25) is 0 Å². The average Bonchev–Trinajstić information content (AvgIpc) is 2.49. The molecular formula is C12H18N2O6. The molecule has 0 spiro atoms. The maximum absolute atomic E-state index is 10.5. The molecule has 5 N–H and O–H groups in total. The quantitative estimate of drug-likeness (QED) is 0.303. The van der Waals surface area contributed by atoms with E-state index in [1.54, 1.807) is 0 Å². The van der Waals surface area contributed by atoms with Gasteiger partial charge in [0.25, 0.3) is 5.69 Å². The van der Waals surface area contributed by atoms with Crippen molar-refractivity contribution < 1.29 is 25.3 Å². The Kier molecular flexibility index (Phi) is 5.99. The van der Waals surface area contributed by atoms with E-state index in [-0.39, 0.29) is 12.2 Å². The van der Waals surface area contributed by atoms with E-state index in [1.807, 2.05) is 0 Å². The molecule has 1 atom stereocenters. The zero-order valence-electron chi connectivity index (χ0n) is 10.8. The van der Waals surface area contributed by atoms with Crippen molar-refractivity contribution in [2.24, 2.45) is 0 Å². The molecule has 112 valence electrons. The Labute approximate surface area is 115 Å². The summed E-state index contributed by atoms with van der Waals surface area (Å²) in [5, 5.41) is 50.5. The zero-order chi connectivity index (χ0) is 15.2. The third-order valence-electron chi connectivity index (χ3n) is 3.07. The SMILES string of the molecule is O=[N+]([O-])c1ccc(C(O)CNC(CO)(CO)CO)cc1. The summed E-state index contributed by atoms with van der Waals surface area (Å²) in [5.41, 5.74) is -0.906. The van der Waals surface area contributed by atoms with Crippen LogP contribution in [0.3, 0.4) is 0 Å². The minimum absolute atomic E-state index is 0.0283. The van der Waals surface area contributed by atoms with Gasteiger partial charge in [-0.1, -0.05) is 0 Å². The van der Waals surface area contributed by atoms with E-state index < -0.39 is 36.4 Å². The number of non-ortho nitro benzene ring substituents is 1. The van der Waals surface area contributed by atoms with Gasteiger partial charge < -0.3 is 25.7 Å². The summed E-state index contributed by atoms with van der Waals surface area (Å²) in [6, 6.07) is 5.39. The molecule has 8 nitrogen and oxygen atoms in total. The van der Waals surface area contributed by atoms with Crippen LogP contribution < -0.4 is 5.32 Å². The molecule has 0 aliphatic heterocycles. The number of hydrogen-bond acceptors (Lipinski definition) is 7. The van der Waals surface area contributed by atoms with Crippen LogP contribution in [0.5, 0.6) is 0 Å². The van der Waals surface area contributed by atoms with Gasteiger partial charge in [-0.15, -0.1) is 0 Å². The van der Waals surface area contributed by atoms with E-state index in [9.17, 15) is 15.2 Å². The molecule has 0 aliphatic rings. The van der Waals surface area contributed by atoms with Crippen molar-refractivity contribution in [1.29, 1.82) is 0 Å². The van der Waals surface area contributed by atoms with E-state index in [0.717, 1.165) is 0 Å². The standard InChI is InChI=1S/C12H18N2O6/c15-6-12(7-16,8-17)13-5-11(18)9-1-3-10(4-2-9)14(19)20/h1-4,11,13,15-18H,5-8H2. The van der Waals surface area contributed by atoms with Crippen LogP contribution in [-0.4, -0.2) is 57.3 Å². The summed E-state index contributed by atoms with van der Waals surface area (Å²) >= 11 is 0. The molecule has 0 fully saturated rings. The Morgan fingerprint density at radius 1 is 1.15 bits per heavy atom. The van der Waals surface area contributed by atoms with E-state index in [0.29, 0.717) is 5.56 Å². The third-order valence-corrected chi connectivity index (χ3v) is 3.07. The number of aliphatic hydroxyl groups excluding tert-OH is 4. The molecule has 0 aliphatic carbocycles. The number of rotatable bonds is 8. The fourth-order valence-corrected chi connectivity index (χ4v) is 1.57. The van der Waals surface area contributed by atoms with Gasteiger partial charge in [0.15, 0.2) is 0 Å². The van der Waals surface area contributed by atoms with Crippen LogP contribution in [0.25, 0.3) is 0 Å². The number of aliphatic hydroxyl groups is 4. The third kappa shape index (κ3) is 3.95. The molecule has 0 heterocycles. The van der Waals surface area contributed by atoms with E-state index >= 15 is 0 Å². The topological polar surface area (TPSA) is 136 Å². The normalized spacial score (nSPS) is 13.2. The number of nitro benzene ring substituents is 1. The molecule has 1 unspecified atom stereocenters. The number of nitrogens with zero attached hydrogens (tertiary/aromatic N) is 1. The van der Waals surface area contributed by atoms with Gasteiger partial charge in [0.2, 0.25) is 0 Å². The summed E-state index contributed by atoms with van der Waals surface area (Å²) in [5.74, 6) is 0.